The second-order valence-corrected chi connectivity index (χ2v) is 5.77. The summed E-state index contributed by atoms with van der Waals surface area (Å²) in [5, 5.41) is 5.26. The van der Waals surface area contributed by atoms with Crippen molar-refractivity contribution < 1.29 is 4.74 Å². The molecule has 0 saturated carbocycles. The topological polar surface area (TPSA) is 56.1 Å². The fraction of sp³-hybridized carbons (Fsp3) is 0.615. The van der Waals surface area contributed by atoms with Crippen molar-refractivity contribution in [2.24, 2.45) is 7.05 Å². The molecule has 1 saturated heterocycles. The molecular formula is C13H19N5O. The molecule has 3 heterocycles. The Labute approximate surface area is 112 Å². The van der Waals surface area contributed by atoms with Crippen molar-refractivity contribution in [1.29, 1.82) is 0 Å². The van der Waals surface area contributed by atoms with Gasteiger partial charge in [0, 0.05) is 20.1 Å². The third-order valence-electron chi connectivity index (χ3n) is 3.38. The Morgan fingerprint density at radius 2 is 2.16 bits per heavy atom. The summed E-state index contributed by atoms with van der Waals surface area (Å²) in [6.07, 6.45) is 3.62. The Morgan fingerprint density at radius 1 is 1.37 bits per heavy atom. The van der Waals surface area contributed by atoms with E-state index >= 15 is 0 Å². The molecule has 102 valence electrons. The molecule has 0 amide bonds. The van der Waals surface area contributed by atoms with Crippen LogP contribution in [-0.4, -0.2) is 44.5 Å². The normalized spacial score (nSPS) is 22.9. The first-order valence-corrected chi connectivity index (χ1v) is 6.52. The molecule has 1 atom stereocenters. The van der Waals surface area contributed by atoms with E-state index in [2.05, 4.69) is 40.7 Å². The van der Waals surface area contributed by atoms with Crippen molar-refractivity contribution in [3.05, 3.63) is 12.5 Å². The number of fused-ring (bicyclic) bond motifs is 1. The minimum Gasteiger partial charge on any atom is -0.369 e. The molecule has 19 heavy (non-hydrogen) atoms. The predicted octanol–water partition coefficient (Wildman–Crippen LogP) is 1.37. The molecule has 1 aliphatic rings. The van der Waals surface area contributed by atoms with Gasteiger partial charge in [-0.1, -0.05) is 0 Å². The summed E-state index contributed by atoms with van der Waals surface area (Å²) in [7, 11) is 1.89. The van der Waals surface area contributed by atoms with Crippen molar-refractivity contribution in [1.82, 2.24) is 19.7 Å². The zero-order valence-electron chi connectivity index (χ0n) is 11.8. The summed E-state index contributed by atoms with van der Waals surface area (Å²) in [6, 6.07) is 0. The Balaban J connectivity index is 2.04. The van der Waals surface area contributed by atoms with Gasteiger partial charge in [-0.15, -0.1) is 0 Å². The van der Waals surface area contributed by atoms with E-state index in [0.29, 0.717) is 0 Å². The van der Waals surface area contributed by atoms with Gasteiger partial charge in [-0.25, -0.2) is 9.97 Å². The second kappa shape index (κ2) is 4.16. The molecule has 1 aliphatic heterocycles. The van der Waals surface area contributed by atoms with Crippen LogP contribution >= 0.6 is 0 Å². The number of aromatic nitrogens is 4. The van der Waals surface area contributed by atoms with Gasteiger partial charge in [0.1, 0.15) is 12.1 Å². The number of hydrogen-bond donors (Lipinski definition) is 0. The Bertz CT molecular complexity index is 606. The van der Waals surface area contributed by atoms with Crippen LogP contribution < -0.4 is 4.90 Å². The smallest absolute Gasteiger partial charge is 0.163 e. The molecule has 6 nitrogen and oxygen atoms in total. The SMILES string of the molecule is C[C@H]1CN(c2ncnc3c2cnn3C)CC(C)(C)O1. The first kappa shape index (κ1) is 12.3. The van der Waals surface area contributed by atoms with Gasteiger partial charge in [0.15, 0.2) is 5.65 Å². The number of rotatable bonds is 1. The molecule has 2 aromatic heterocycles. The van der Waals surface area contributed by atoms with E-state index in [1.807, 2.05) is 13.2 Å². The highest BCUT2D eigenvalue weighted by Crippen LogP contribution is 2.28. The Morgan fingerprint density at radius 3 is 2.89 bits per heavy atom. The highest BCUT2D eigenvalue weighted by Gasteiger charge is 2.32. The lowest BCUT2D eigenvalue weighted by Crippen LogP contribution is -2.52. The largest absolute Gasteiger partial charge is 0.369 e. The fourth-order valence-electron chi connectivity index (χ4n) is 2.82. The highest BCUT2D eigenvalue weighted by atomic mass is 16.5. The van der Waals surface area contributed by atoms with Crippen molar-refractivity contribution in [2.75, 3.05) is 18.0 Å². The number of nitrogens with zero attached hydrogens (tertiary/aromatic N) is 5. The zero-order chi connectivity index (χ0) is 13.6. The number of anilines is 1. The van der Waals surface area contributed by atoms with Gasteiger partial charge in [-0.3, -0.25) is 4.68 Å². The van der Waals surface area contributed by atoms with Gasteiger partial charge >= 0.3 is 0 Å². The summed E-state index contributed by atoms with van der Waals surface area (Å²) >= 11 is 0. The van der Waals surface area contributed by atoms with Gasteiger partial charge in [0.25, 0.3) is 0 Å². The standard InChI is InChI=1S/C13H19N5O/c1-9-6-18(7-13(2,3)19-9)12-10-5-16-17(4)11(10)14-8-15-12/h5,8-9H,6-7H2,1-4H3/t9-/m0/s1. The number of hydrogen-bond acceptors (Lipinski definition) is 5. The van der Waals surface area contributed by atoms with Crippen LogP contribution in [-0.2, 0) is 11.8 Å². The first-order chi connectivity index (χ1) is 8.96. The molecule has 0 spiro atoms. The molecule has 6 heteroatoms. The second-order valence-electron chi connectivity index (χ2n) is 5.77. The maximum absolute atomic E-state index is 5.94. The van der Waals surface area contributed by atoms with E-state index in [1.165, 1.54) is 0 Å². The lowest BCUT2D eigenvalue weighted by Gasteiger charge is -2.42. The predicted molar refractivity (Wildman–Crippen MR) is 73.1 cm³/mol. The number of aryl methyl sites for hydroxylation is 1. The van der Waals surface area contributed by atoms with E-state index in [1.54, 1.807) is 11.0 Å². The molecule has 0 aliphatic carbocycles. The van der Waals surface area contributed by atoms with Crippen LogP contribution in [0.25, 0.3) is 11.0 Å². The molecule has 1 fully saturated rings. The molecule has 0 bridgehead atoms. The van der Waals surface area contributed by atoms with Gasteiger partial charge in [0.2, 0.25) is 0 Å². The third kappa shape index (κ3) is 2.16. The highest BCUT2D eigenvalue weighted by molar-refractivity contribution is 5.86. The molecule has 3 rings (SSSR count). The zero-order valence-corrected chi connectivity index (χ0v) is 11.8. The summed E-state index contributed by atoms with van der Waals surface area (Å²) in [4.78, 5) is 11.0. The molecule has 0 aromatic carbocycles. The quantitative estimate of drug-likeness (QED) is 0.776. The van der Waals surface area contributed by atoms with Crippen molar-refractivity contribution in [3.8, 4) is 0 Å². The van der Waals surface area contributed by atoms with E-state index in [4.69, 9.17) is 4.74 Å². The van der Waals surface area contributed by atoms with Crippen LogP contribution in [0.2, 0.25) is 0 Å². The van der Waals surface area contributed by atoms with Crippen LogP contribution in [0, 0.1) is 0 Å². The first-order valence-electron chi connectivity index (χ1n) is 6.52. The maximum Gasteiger partial charge on any atom is 0.163 e. The fourth-order valence-corrected chi connectivity index (χ4v) is 2.82. The van der Waals surface area contributed by atoms with Gasteiger partial charge < -0.3 is 9.64 Å². The van der Waals surface area contributed by atoms with Crippen molar-refractivity contribution in [3.63, 3.8) is 0 Å². The number of morpholine rings is 1. The summed E-state index contributed by atoms with van der Waals surface area (Å²) < 4.78 is 7.71. The number of ether oxygens (including phenoxy) is 1. The maximum atomic E-state index is 5.94. The van der Waals surface area contributed by atoms with Crippen molar-refractivity contribution >= 4 is 16.9 Å². The van der Waals surface area contributed by atoms with Gasteiger partial charge in [0.05, 0.1) is 23.3 Å². The van der Waals surface area contributed by atoms with Gasteiger partial charge in [-0.2, -0.15) is 5.10 Å². The minimum absolute atomic E-state index is 0.169. The van der Waals surface area contributed by atoms with Crippen LogP contribution in [0.15, 0.2) is 12.5 Å². The van der Waals surface area contributed by atoms with Crippen LogP contribution in [0.3, 0.4) is 0 Å². The van der Waals surface area contributed by atoms with Gasteiger partial charge in [-0.05, 0) is 20.8 Å². The van der Waals surface area contributed by atoms with Crippen LogP contribution in [0.4, 0.5) is 5.82 Å². The van der Waals surface area contributed by atoms with Crippen LogP contribution in [0.1, 0.15) is 20.8 Å². The van der Waals surface area contributed by atoms with E-state index in [9.17, 15) is 0 Å². The van der Waals surface area contributed by atoms with Crippen LogP contribution in [0.5, 0.6) is 0 Å². The summed E-state index contributed by atoms with van der Waals surface area (Å²) in [5.74, 6) is 0.946. The lowest BCUT2D eigenvalue weighted by atomic mass is 10.1. The average molecular weight is 261 g/mol. The monoisotopic (exact) mass is 261 g/mol. The molecule has 0 N–H and O–H groups in total. The molecular weight excluding hydrogens is 242 g/mol. The summed E-state index contributed by atoms with van der Waals surface area (Å²) in [6.45, 7) is 7.97. The van der Waals surface area contributed by atoms with E-state index < -0.39 is 0 Å². The Kier molecular flexibility index (Phi) is 2.70. The molecule has 2 aromatic rings. The van der Waals surface area contributed by atoms with E-state index in [-0.39, 0.29) is 11.7 Å². The Hall–Kier alpha value is -1.69. The molecule has 0 radical (unpaired) electrons. The average Bonchev–Trinajstić information content (AvgIpc) is 2.69. The van der Waals surface area contributed by atoms with Crippen molar-refractivity contribution in [2.45, 2.75) is 32.5 Å². The third-order valence-corrected chi connectivity index (χ3v) is 3.38. The molecule has 0 unspecified atom stereocenters. The lowest BCUT2D eigenvalue weighted by molar-refractivity contribution is -0.0751. The van der Waals surface area contributed by atoms with E-state index in [0.717, 1.165) is 29.9 Å². The minimum atomic E-state index is -0.169. The summed E-state index contributed by atoms with van der Waals surface area (Å²) in [5.41, 5.74) is 0.693.